The van der Waals surface area contributed by atoms with Crippen molar-refractivity contribution in [1.29, 1.82) is 0 Å². The molecule has 27 heavy (non-hydrogen) atoms. The standard InChI is InChI=1S/C20H20BrN3O3/c1-12(2)15-10-19(27-22-15)17-4-3-9-24(17)20(25)16-11-18(26-23-16)13-5-7-14(21)8-6-13/h5-8,10-12,17H,3-4,9H2,1-2H3. The van der Waals surface area contributed by atoms with Gasteiger partial charge in [0, 0.05) is 28.7 Å². The summed E-state index contributed by atoms with van der Waals surface area (Å²) in [7, 11) is 0. The molecule has 1 atom stereocenters. The number of rotatable bonds is 4. The van der Waals surface area contributed by atoms with Crippen molar-refractivity contribution in [1.82, 2.24) is 15.2 Å². The lowest BCUT2D eigenvalue weighted by Gasteiger charge is -2.21. The van der Waals surface area contributed by atoms with Gasteiger partial charge in [0.15, 0.2) is 17.2 Å². The third kappa shape index (κ3) is 3.56. The number of likely N-dealkylation sites (tertiary alicyclic amines) is 1. The smallest absolute Gasteiger partial charge is 0.276 e. The second-order valence-electron chi connectivity index (χ2n) is 7.05. The summed E-state index contributed by atoms with van der Waals surface area (Å²) in [6.45, 7) is 4.80. The molecule has 1 aromatic carbocycles. The van der Waals surface area contributed by atoms with E-state index in [0.29, 0.717) is 18.0 Å². The number of benzene rings is 1. The van der Waals surface area contributed by atoms with Gasteiger partial charge in [-0.15, -0.1) is 0 Å². The topological polar surface area (TPSA) is 72.4 Å². The van der Waals surface area contributed by atoms with E-state index in [1.165, 1.54) is 0 Å². The molecule has 2 aromatic heterocycles. The first kappa shape index (κ1) is 18.0. The molecular formula is C20H20BrN3O3. The lowest BCUT2D eigenvalue weighted by Crippen LogP contribution is -2.30. The summed E-state index contributed by atoms with van der Waals surface area (Å²) >= 11 is 3.41. The summed E-state index contributed by atoms with van der Waals surface area (Å²) in [5.74, 6) is 1.45. The SMILES string of the molecule is CC(C)c1cc(C2CCCN2C(=O)c2cc(-c3ccc(Br)cc3)on2)on1. The van der Waals surface area contributed by atoms with E-state index in [-0.39, 0.29) is 17.9 Å². The average molecular weight is 430 g/mol. The highest BCUT2D eigenvalue weighted by atomic mass is 79.9. The highest BCUT2D eigenvalue weighted by Crippen LogP contribution is 2.34. The maximum absolute atomic E-state index is 13.0. The molecule has 1 saturated heterocycles. The van der Waals surface area contributed by atoms with Crippen molar-refractivity contribution < 1.29 is 13.8 Å². The molecule has 0 saturated carbocycles. The molecule has 4 rings (SSSR count). The Labute approximate surface area is 165 Å². The molecular weight excluding hydrogens is 410 g/mol. The van der Waals surface area contributed by atoms with Crippen LogP contribution in [0, 0.1) is 0 Å². The van der Waals surface area contributed by atoms with Gasteiger partial charge in [-0.2, -0.15) is 0 Å². The normalized spacial score (nSPS) is 17.0. The number of amides is 1. The van der Waals surface area contributed by atoms with Gasteiger partial charge in [-0.25, -0.2) is 0 Å². The predicted octanol–water partition coefficient (Wildman–Crippen LogP) is 5.19. The van der Waals surface area contributed by atoms with Crippen LogP contribution in [0.1, 0.15) is 60.6 Å². The molecule has 7 heteroatoms. The van der Waals surface area contributed by atoms with Crippen LogP contribution in [0.2, 0.25) is 0 Å². The van der Waals surface area contributed by atoms with Crippen molar-refractivity contribution in [3.05, 3.63) is 58.0 Å². The second kappa shape index (κ2) is 7.31. The molecule has 1 fully saturated rings. The van der Waals surface area contributed by atoms with E-state index in [0.717, 1.165) is 34.3 Å². The number of hydrogen-bond acceptors (Lipinski definition) is 5. The van der Waals surface area contributed by atoms with E-state index in [1.807, 2.05) is 30.3 Å². The fraction of sp³-hybridized carbons (Fsp3) is 0.350. The maximum atomic E-state index is 13.0. The number of nitrogens with zero attached hydrogens (tertiary/aromatic N) is 3. The lowest BCUT2D eigenvalue weighted by atomic mass is 10.1. The van der Waals surface area contributed by atoms with Gasteiger partial charge in [-0.05, 0) is 30.9 Å². The zero-order valence-corrected chi connectivity index (χ0v) is 16.8. The summed E-state index contributed by atoms with van der Waals surface area (Å²) in [6.07, 6.45) is 1.78. The Morgan fingerprint density at radius 2 is 1.96 bits per heavy atom. The predicted molar refractivity (Wildman–Crippen MR) is 103 cm³/mol. The molecule has 0 bridgehead atoms. The first-order valence-electron chi connectivity index (χ1n) is 9.03. The number of carbonyl (C=O) groups is 1. The number of carbonyl (C=O) groups excluding carboxylic acids is 1. The van der Waals surface area contributed by atoms with Crippen LogP contribution in [0.4, 0.5) is 0 Å². The van der Waals surface area contributed by atoms with E-state index in [1.54, 1.807) is 11.0 Å². The molecule has 1 aliphatic rings. The Bertz CT molecular complexity index is 946. The van der Waals surface area contributed by atoms with Crippen LogP contribution in [0.25, 0.3) is 11.3 Å². The number of hydrogen-bond donors (Lipinski definition) is 0. The van der Waals surface area contributed by atoms with Crippen LogP contribution in [0.5, 0.6) is 0 Å². The summed E-state index contributed by atoms with van der Waals surface area (Å²) in [4.78, 5) is 14.8. The minimum Gasteiger partial charge on any atom is -0.359 e. The van der Waals surface area contributed by atoms with Gasteiger partial charge in [0.1, 0.15) is 0 Å². The largest absolute Gasteiger partial charge is 0.359 e. The highest BCUT2D eigenvalue weighted by molar-refractivity contribution is 9.10. The van der Waals surface area contributed by atoms with Gasteiger partial charge >= 0.3 is 0 Å². The maximum Gasteiger partial charge on any atom is 0.276 e. The van der Waals surface area contributed by atoms with Gasteiger partial charge in [0.2, 0.25) is 0 Å². The van der Waals surface area contributed by atoms with Crippen LogP contribution in [-0.4, -0.2) is 27.7 Å². The van der Waals surface area contributed by atoms with Crippen LogP contribution in [0.3, 0.4) is 0 Å². The molecule has 0 aliphatic carbocycles. The first-order chi connectivity index (χ1) is 13.0. The molecule has 3 aromatic rings. The average Bonchev–Trinajstić information content (AvgIpc) is 3.40. The quantitative estimate of drug-likeness (QED) is 0.570. The summed E-state index contributed by atoms with van der Waals surface area (Å²) in [5.41, 5.74) is 2.09. The van der Waals surface area contributed by atoms with Crippen LogP contribution >= 0.6 is 15.9 Å². The van der Waals surface area contributed by atoms with Gasteiger partial charge in [0.25, 0.3) is 5.91 Å². The van der Waals surface area contributed by atoms with Gasteiger partial charge < -0.3 is 13.9 Å². The molecule has 1 aliphatic heterocycles. The molecule has 0 spiro atoms. The molecule has 6 nitrogen and oxygen atoms in total. The van der Waals surface area contributed by atoms with Gasteiger partial charge in [-0.3, -0.25) is 4.79 Å². The molecule has 0 radical (unpaired) electrons. The zero-order chi connectivity index (χ0) is 19.0. The molecule has 1 amide bonds. The van der Waals surface area contributed by atoms with Crippen molar-refractivity contribution in [2.24, 2.45) is 0 Å². The van der Waals surface area contributed by atoms with E-state index in [4.69, 9.17) is 9.05 Å². The minimum atomic E-state index is -0.146. The fourth-order valence-electron chi connectivity index (χ4n) is 3.31. The highest BCUT2D eigenvalue weighted by Gasteiger charge is 2.34. The van der Waals surface area contributed by atoms with Crippen LogP contribution < -0.4 is 0 Å². The number of aromatic nitrogens is 2. The second-order valence-corrected chi connectivity index (χ2v) is 7.96. The monoisotopic (exact) mass is 429 g/mol. The van der Waals surface area contributed by atoms with Crippen LogP contribution in [0.15, 0.2) is 49.9 Å². The van der Waals surface area contributed by atoms with E-state index in [2.05, 4.69) is 40.1 Å². The molecule has 3 heterocycles. The van der Waals surface area contributed by atoms with Crippen molar-refractivity contribution in [3.63, 3.8) is 0 Å². The molecule has 0 N–H and O–H groups in total. The van der Waals surface area contributed by atoms with Gasteiger partial charge in [0.05, 0.1) is 11.7 Å². The third-order valence-corrected chi connectivity index (χ3v) is 5.37. The molecule has 1 unspecified atom stereocenters. The Balaban J connectivity index is 1.55. The van der Waals surface area contributed by atoms with Crippen LogP contribution in [-0.2, 0) is 0 Å². The van der Waals surface area contributed by atoms with E-state index < -0.39 is 0 Å². The zero-order valence-electron chi connectivity index (χ0n) is 15.2. The summed E-state index contributed by atoms with van der Waals surface area (Å²) < 4.78 is 11.9. The molecule has 140 valence electrons. The number of halogens is 1. The van der Waals surface area contributed by atoms with E-state index in [9.17, 15) is 4.79 Å². The Hall–Kier alpha value is -2.41. The third-order valence-electron chi connectivity index (χ3n) is 4.84. The van der Waals surface area contributed by atoms with Crippen molar-refractivity contribution in [2.45, 2.75) is 38.6 Å². The fourth-order valence-corrected chi connectivity index (χ4v) is 3.58. The van der Waals surface area contributed by atoms with Crippen molar-refractivity contribution in [2.75, 3.05) is 6.54 Å². The first-order valence-corrected chi connectivity index (χ1v) is 9.82. The van der Waals surface area contributed by atoms with Crippen molar-refractivity contribution in [3.8, 4) is 11.3 Å². The van der Waals surface area contributed by atoms with Gasteiger partial charge in [-0.1, -0.05) is 52.2 Å². The Kier molecular flexibility index (Phi) is 4.86. The lowest BCUT2D eigenvalue weighted by molar-refractivity contribution is 0.0704. The van der Waals surface area contributed by atoms with E-state index >= 15 is 0 Å². The minimum absolute atomic E-state index is 0.106. The summed E-state index contributed by atoms with van der Waals surface area (Å²) in [6, 6.07) is 11.2. The Morgan fingerprint density at radius 1 is 1.19 bits per heavy atom. The Morgan fingerprint density at radius 3 is 2.67 bits per heavy atom. The summed E-state index contributed by atoms with van der Waals surface area (Å²) in [5, 5.41) is 8.12. The van der Waals surface area contributed by atoms with Crippen molar-refractivity contribution >= 4 is 21.8 Å².